The topological polar surface area (TPSA) is 97.4 Å². The van der Waals surface area contributed by atoms with E-state index in [0.717, 1.165) is 5.71 Å². The summed E-state index contributed by atoms with van der Waals surface area (Å²) < 4.78 is 32.9. The molecule has 0 spiro atoms. The minimum atomic E-state index is -4.23. The van der Waals surface area contributed by atoms with E-state index in [1.807, 2.05) is 6.92 Å². The number of aromatic nitrogens is 3. The molecular weight excluding hydrogens is 268 g/mol. The molecule has 2 aromatic rings. The van der Waals surface area contributed by atoms with Gasteiger partial charge in [-0.25, -0.2) is 0 Å². The molecule has 0 bridgehead atoms. The van der Waals surface area contributed by atoms with Gasteiger partial charge in [0.1, 0.15) is 0 Å². The lowest BCUT2D eigenvalue weighted by molar-refractivity contribution is 0.483. The monoisotopic (exact) mass is 278 g/mol. The third-order valence-corrected chi connectivity index (χ3v) is 3.63. The maximum atomic E-state index is 11.1. The molecule has 0 saturated heterocycles. The smallest absolute Gasteiger partial charge is 0.282 e. The Morgan fingerprint density at radius 2 is 2.11 bits per heavy atom. The Morgan fingerprint density at radius 1 is 1.32 bits per heavy atom. The number of rotatable bonds is 2. The predicted octanol–water partition coefficient (Wildman–Crippen LogP) is 0.972. The normalized spacial score (nSPS) is 14.3. The van der Waals surface area contributed by atoms with Crippen molar-refractivity contribution in [1.29, 1.82) is 0 Å². The fourth-order valence-corrected chi connectivity index (χ4v) is 2.46. The Kier molecular flexibility index (Phi) is 2.51. The zero-order valence-corrected chi connectivity index (χ0v) is 10.8. The molecule has 3 rings (SSSR count). The Balaban J connectivity index is 2.14. The van der Waals surface area contributed by atoms with Crippen molar-refractivity contribution in [2.45, 2.75) is 18.2 Å². The number of fused-ring (bicyclic) bond motifs is 1. The van der Waals surface area contributed by atoms with Crippen molar-refractivity contribution in [3.05, 3.63) is 30.1 Å². The molecule has 0 aliphatic carbocycles. The molecule has 1 aromatic carbocycles. The molecule has 0 saturated carbocycles. The van der Waals surface area contributed by atoms with Crippen LogP contribution in [0.15, 0.2) is 34.3 Å². The highest BCUT2D eigenvalue weighted by atomic mass is 32.2. The number of hydrogen-bond donors (Lipinski definition) is 1. The largest absolute Gasteiger partial charge is 0.294 e. The summed E-state index contributed by atoms with van der Waals surface area (Å²) in [5.74, 6) is 1.17. The van der Waals surface area contributed by atoms with Crippen molar-refractivity contribution in [3.8, 4) is 11.4 Å². The minimum Gasteiger partial charge on any atom is -0.282 e. The first kappa shape index (κ1) is 12.0. The van der Waals surface area contributed by atoms with E-state index in [2.05, 4.69) is 15.3 Å². The van der Waals surface area contributed by atoms with Crippen molar-refractivity contribution in [2.24, 2.45) is 5.10 Å². The average Bonchev–Trinajstić information content (AvgIpc) is 2.86. The third kappa shape index (κ3) is 2.04. The van der Waals surface area contributed by atoms with E-state index in [9.17, 15) is 8.42 Å². The summed E-state index contributed by atoms with van der Waals surface area (Å²) in [5.41, 5.74) is 1.45. The Hall–Kier alpha value is -2.06. The number of hydrogen-bond acceptors (Lipinski definition) is 5. The van der Waals surface area contributed by atoms with Gasteiger partial charge in [-0.3, -0.25) is 4.55 Å². The van der Waals surface area contributed by atoms with Crippen LogP contribution in [-0.2, 0) is 16.5 Å². The Labute approximate surface area is 109 Å². The highest BCUT2D eigenvalue weighted by Gasteiger charge is 2.20. The molecule has 8 heteroatoms. The van der Waals surface area contributed by atoms with Gasteiger partial charge in [0.15, 0.2) is 11.6 Å². The molecule has 1 aliphatic rings. The van der Waals surface area contributed by atoms with Crippen molar-refractivity contribution < 1.29 is 13.0 Å². The van der Waals surface area contributed by atoms with Gasteiger partial charge in [0.25, 0.3) is 10.1 Å². The van der Waals surface area contributed by atoms with Gasteiger partial charge in [-0.05, 0) is 19.1 Å². The summed E-state index contributed by atoms with van der Waals surface area (Å²) in [5, 5.41) is 12.3. The van der Waals surface area contributed by atoms with E-state index in [0.29, 0.717) is 23.6 Å². The maximum absolute atomic E-state index is 11.1. The number of benzene rings is 1. The van der Waals surface area contributed by atoms with Crippen LogP contribution in [0.25, 0.3) is 11.4 Å². The summed E-state index contributed by atoms with van der Waals surface area (Å²) in [4.78, 5) is -0.180. The van der Waals surface area contributed by atoms with Crippen LogP contribution in [0.3, 0.4) is 0 Å². The van der Waals surface area contributed by atoms with E-state index >= 15 is 0 Å². The van der Waals surface area contributed by atoms with Crippen LogP contribution in [-0.4, -0.2) is 33.6 Å². The van der Waals surface area contributed by atoms with Gasteiger partial charge in [0, 0.05) is 17.7 Å². The predicted molar refractivity (Wildman–Crippen MR) is 67.5 cm³/mol. The molecule has 1 aliphatic heterocycles. The zero-order chi connectivity index (χ0) is 13.6. The van der Waals surface area contributed by atoms with Crippen molar-refractivity contribution in [1.82, 2.24) is 14.9 Å². The summed E-state index contributed by atoms with van der Waals surface area (Å²) in [6.45, 7) is 1.88. The second-order valence-electron chi connectivity index (χ2n) is 4.27. The highest BCUT2D eigenvalue weighted by Crippen LogP contribution is 2.23. The van der Waals surface area contributed by atoms with Crippen molar-refractivity contribution in [2.75, 3.05) is 0 Å². The summed E-state index contributed by atoms with van der Waals surface area (Å²) in [6.07, 6.45) is 0.630. The van der Waals surface area contributed by atoms with Crippen LogP contribution in [0.2, 0.25) is 0 Å². The first-order valence-corrected chi connectivity index (χ1v) is 6.96. The SMILES string of the molecule is CC1=Nn2c(nnc2-c2cccc(S(=O)(=O)O)c2)C1. The Bertz CT molecular complexity index is 792. The molecule has 1 aromatic heterocycles. The molecule has 0 fully saturated rings. The van der Waals surface area contributed by atoms with E-state index in [1.54, 1.807) is 10.7 Å². The summed E-state index contributed by atoms with van der Waals surface area (Å²) in [7, 11) is -4.23. The maximum Gasteiger partial charge on any atom is 0.294 e. The summed E-state index contributed by atoms with van der Waals surface area (Å²) >= 11 is 0. The lowest BCUT2D eigenvalue weighted by Crippen LogP contribution is -1.99. The summed E-state index contributed by atoms with van der Waals surface area (Å²) in [6, 6.07) is 5.88. The molecule has 1 N–H and O–H groups in total. The molecular formula is C11H10N4O3S. The zero-order valence-electron chi connectivity index (χ0n) is 9.98. The van der Waals surface area contributed by atoms with Gasteiger partial charge in [0.2, 0.25) is 0 Å². The first-order valence-electron chi connectivity index (χ1n) is 5.52. The highest BCUT2D eigenvalue weighted by molar-refractivity contribution is 7.85. The van der Waals surface area contributed by atoms with E-state index in [-0.39, 0.29) is 4.90 Å². The molecule has 7 nitrogen and oxygen atoms in total. The molecule has 0 radical (unpaired) electrons. The lowest BCUT2D eigenvalue weighted by atomic mass is 10.2. The van der Waals surface area contributed by atoms with Crippen LogP contribution in [0.4, 0.5) is 0 Å². The van der Waals surface area contributed by atoms with Gasteiger partial charge in [-0.2, -0.15) is 18.2 Å². The fraction of sp³-hybridized carbons (Fsp3) is 0.182. The van der Waals surface area contributed by atoms with Crippen molar-refractivity contribution >= 4 is 15.8 Å². The van der Waals surface area contributed by atoms with Gasteiger partial charge in [0.05, 0.1) is 4.90 Å². The van der Waals surface area contributed by atoms with E-state index in [1.165, 1.54) is 18.2 Å². The van der Waals surface area contributed by atoms with Crippen LogP contribution >= 0.6 is 0 Å². The molecule has 98 valence electrons. The second kappa shape index (κ2) is 3.97. The third-order valence-electron chi connectivity index (χ3n) is 2.78. The first-order chi connectivity index (χ1) is 8.95. The van der Waals surface area contributed by atoms with Gasteiger partial charge < -0.3 is 0 Å². The van der Waals surface area contributed by atoms with Crippen LogP contribution in [0.5, 0.6) is 0 Å². The minimum absolute atomic E-state index is 0.180. The van der Waals surface area contributed by atoms with Crippen LogP contribution in [0, 0.1) is 0 Å². The van der Waals surface area contributed by atoms with E-state index < -0.39 is 10.1 Å². The quantitative estimate of drug-likeness (QED) is 0.825. The van der Waals surface area contributed by atoms with Gasteiger partial charge in [-0.1, -0.05) is 12.1 Å². The standard InChI is InChI=1S/C11H10N4O3S/c1-7-5-10-12-13-11(15(10)14-7)8-3-2-4-9(6-8)19(16,17)18/h2-4,6H,5H2,1H3,(H,16,17,18). The second-order valence-corrected chi connectivity index (χ2v) is 5.69. The molecule has 0 amide bonds. The van der Waals surface area contributed by atoms with Gasteiger partial charge >= 0.3 is 0 Å². The number of nitrogens with zero attached hydrogens (tertiary/aromatic N) is 4. The lowest BCUT2D eigenvalue weighted by Gasteiger charge is -2.02. The molecule has 2 heterocycles. The fourth-order valence-electron chi connectivity index (χ4n) is 1.94. The molecule has 19 heavy (non-hydrogen) atoms. The molecule has 0 atom stereocenters. The molecule has 0 unspecified atom stereocenters. The van der Waals surface area contributed by atoms with Crippen LogP contribution < -0.4 is 0 Å². The van der Waals surface area contributed by atoms with Crippen molar-refractivity contribution in [3.63, 3.8) is 0 Å². The van der Waals surface area contributed by atoms with Gasteiger partial charge in [-0.15, -0.1) is 10.2 Å². The Morgan fingerprint density at radius 3 is 2.84 bits per heavy atom. The van der Waals surface area contributed by atoms with E-state index in [4.69, 9.17) is 4.55 Å². The average molecular weight is 278 g/mol. The van der Waals surface area contributed by atoms with Crippen LogP contribution in [0.1, 0.15) is 12.7 Å².